The van der Waals surface area contributed by atoms with Gasteiger partial charge < -0.3 is 9.88 Å². The second kappa shape index (κ2) is 5.63. The summed E-state index contributed by atoms with van der Waals surface area (Å²) in [5.74, 6) is -0.00515. The molecule has 88 valence electrons. The number of para-hydroxylation sites is 2. The summed E-state index contributed by atoms with van der Waals surface area (Å²) in [6.45, 7) is 0. The topological polar surface area (TPSA) is 46.9 Å². The van der Waals surface area contributed by atoms with Crippen molar-refractivity contribution in [2.24, 2.45) is 0 Å². The van der Waals surface area contributed by atoms with Crippen LogP contribution in [0.15, 0.2) is 43.0 Å². The Morgan fingerprint density at radius 2 is 2.24 bits per heavy atom. The number of amides is 1. The molecule has 0 aliphatic rings. The van der Waals surface area contributed by atoms with Gasteiger partial charge in [0.05, 0.1) is 17.7 Å². The molecule has 0 spiro atoms. The summed E-state index contributed by atoms with van der Waals surface area (Å²) in [4.78, 5) is 15.6. The van der Waals surface area contributed by atoms with E-state index < -0.39 is 0 Å². The van der Waals surface area contributed by atoms with E-state index in [4.69, 9.17) is 0 Å². The van der Waals surface area contributed by atoms with Crippen molar-refractivity contribution >= 4 is 27.5 Å². The van der Waals surface area contributed by atoms with Gasteiger partial charge in [0, 0.05) is 24.1 Å². The Bertz CT molecular complexity index is 496. The highest BCUT2D eigenvalue weighted by molar-refractivity contribution is 9.09. The van der Waals surface area contributed by atoms with Gasteiger partial charge in [-0.05, 0) is 12.1 Å². The molecule has 0 saturated heterocycles. The van der Waals surface area contributed by atoms with E-state index in [1.807, 2.05) is 35.0 Å². The van der Waals surface area contributed by atoms with Crippen LogP contribution in [0.2, 0.25) is 0 Å². The van der Waals surface area contributed by atoms with Gasteiger partial charge in [-0.1, -0.05) is 28.1 Å². The number of carbonyl (C=O) groups excluding carboxylic acids is 1. The average Bonchev–Trinajstić information content (AvgIpc) is 2.83. The molecule has 0 aliphatic heterocycles. The summed E-state index contributed by atoms with van der Waals surface area (Å²) in [7, 11) is 0. The molecule has 1 amide bonds. The Morgan fingerprint density at radius 1 is 1.41 bits per heavy atom. The third-order valence-electron chi connectivity index (χ3n) is 2.28. The molecule has 1 aromatic carbocycles. The van der Waals surface area contributed by atoms with Gasteiger partial charge >= 0.3 is 0 Å². The van der Waals surface area contributed by atoms with Crippen LogP contribution in [0.3, 0.4) is 0 Å². The summed E-state index contributed by atoms with van der Waals surface area (Å²) in [5, 5.41) is 3.54. The van der Waals surface area contributed by atoms with E-state index in [0.717, 1.165) is 11.4 Å². The molecule has 0 saturated carbocycles. The maximum Gasteiger partial charge on any atom is 0.225 e. The lowest BCUT2D eigenvalue weighted by Gasteiger charge is -2.10. The van der Waals surface area contributed by atoms with E-state index >= 15 is 0 Å². The highest BCUT2D eigenvalue weighted by Crippen LogP contribution is 2.19. The van der Waals surface area contributed by atoms with E-state index in [2.05, 4.69) is 26.2 Å². The SMILES string of the molecule is O=C(CCBr)Nc1ccccc1-n1ccnc1. The molecule has 1 aromatic heterocycles. The minimum atomic E-state index is -0.00515. The van der Waals surface area contributed by atoms with Crippen LogP contribution >= 0.6 is 15.9 Å². The van der Waals surface area contributed by atoms with Crippen molar-refractivity contribution in [1.82, 2.24) is 9.55 Å². The standard InChI is InChI=1S/C12H12BrN3O/c13-6-5-12(17)15-10-3-1-2-4-11(10)16-8-7-14-9-16/h1-4,7-9H,5-6H2,(H,15,17). The number of halogens is 1. The number of aromatic nitrogens is 2. The molecule has 5 heteroatoms. The van der Waals surface area contributed by atoms with Gasteiger partial charge in [-0.25, -0.2) is 4.98 Å². The van der Waals surface area contributed by atoms with Crippen molar-refractivity contribution in [3.05, 3.63) is 43.0 Å². The van der Waals surface area contributed by atoms with Crippen molar-refractivity contribution in [1.29, 1.82) is 0 Å². The number of nitrogens with one attached hydrogen (secondary N) is 1. The van der Waals surface area contributed by atoms with Gasteiger partial charge in [-0.3, -0.25) is 4.79 Å². The summed E-state index contributed by atoms with van der Waals surface area (Å²) >= 11 is 3.24. The van der Waals surface area contributed by atoms with E-state index in [0.29, 0.717) is 11.8 Å². The van der Waals surface area contributed by atoms with Gasteiger partial charge in [0.25, 0.3) is 0 Å². The first-order valence-corrected chi connectivity index (χ1v) is 6.36. The van der Waals surface area contributed by atoms with Crippen LogP contribution in [0.25, 0.3) is 5.69 Å². The molecule has 0 radical (unpaired) electrons. The van der Waals surface area contributed by atoms with Crippen LogP contribution in [0.4, 0.5) is 5.69 Å². The van der Waals surface area contributed by atoms with Crippen molar-refractivity contribution in [2.45, 2.75) is 6.42 Å². The van der Waals surface area contributed by atoms with Gasteiger partial charge in [-0.2, -0.15) is 0 Å². The van der Waals surface area contributed by atoms with Crippen LogP contribution in [-0.4, -0.2) is 20.8 Å². The Labute approximate surface area is 108 Å². The third-order valence-corrected chi connectivity index (χ3v) is 2.68. The van der Waals surface area contributed by atoms with E-state index in [9.17, 15) is 4.79 Å². The molecule has 17 heavy (non-hydrogen) atoms. The normalized spacial score (nSPS) is 10.2. The zero-order valence-electron chi connectivity index (χ0n) is 9.14. The van der Waals surface area contributed by atoms with Crippen LogP contribution in [0.5, 0.6) is 0 Å². The molecule has 2 aromatic rings. The Kier molecular flexibility index (Phi) is 3.93. The molecule has 0 bridgehead atoms. The molecule has 0 aliphatic carbocycles. The smallest absolute Gasteiger partial charge is 0.225 e. The number of hydrogen-bond acceptors (Lipinski definition) is 2. The quantitative estimate of drug-likeness (QED) is 0.881. The Hall–Kier alpha value is -1.62. The Balaban J connectivity index is 2.25. The zero-order valence-corrected chi connectivity index (χ0v) is 10.7. The molecular formula is C12H12BrN3O. The number of nitrogens with zero attached hydrogens (tertiary/aromatic N) is 2. The molecule has 4 nitrogen and oxygen atoms in total. The highest BCUT2D eigenvalue weighted by Gasteiger charge is 2.06. The van der Waals surface area contributed by atoms with E-state index in [1.165, 1.54) is 0 Å². The number of carbonyl (C=O) groups is 1. The fourth-order valence-corrected chi connectivity index (χ4v) is 1.86. The van der Waals surface area contributed by atoms with Crippen molar-refractivity contribution < 1.29 is 4.79 Å². The average molecular weight is 294 g/mol. The second-order valence-corrected chi connectivity index (χ2v) is 4.27. The largest absolute Gasteiger partial charge is 0.324 e. The minimum Gasteiger partial charge on any atom is -0.324 e. The summed E-state index contributed by atoms with van der Waals surface area (Å²) in [6.07, 6.45) is 5.71. The minimum absolute atomic E-state index is 0.00515. The van der Waals surface area contributed by atoms with E-state index in [1.54, 1.807) is 12.5 Å². The number of alkyl halides is 1. The van der Waals surface area contributed by atoms with Crippen LogP contribution < -0.4 is 5.32 Å². The second-order valence-electron chi connectivity index (χ2n) is 3.47. The van der Waals surface area contributed by atoms with Crippen LogP contribution in [-0.2, 0) is 4.79 Å². The summed E-state index contributed by atoms with van der Waals surface area (Å²) in [6, 6.07) is 7.63. The van der Waals surface area contributed by atoms with Gasteiger partial charge in [-0.15, -0.1) is 0 Å². The number of benzene rings is 1. The van der Waals surface area contributed by atoms with E-state index in [-0.39, 0.29) is 5.91 Å². The van der Waals surface area contributed by atoms with Crippen LogP contribution in [0.1, 0.15) is 6.42 Å². The number of anilines is 1. The molecule has 0 fully saturated rings. The van der Waals surface area contributed by atoms with Gasteiger partial charge in [0.2, 0.25) is 5.91 Å². The molecule has 1 heterocycles. The summed E-state index contributed by atoms with van der Waals surface area (Å²) in [5.41, 5.74) is 1.70. The molecule has 1 N–H and O–H groups in total. The van der Waals surface area contributed by atoms with Crippen molar-refractivity contribution in [2.75, 3.05) is 10.6 Å². The van der Waals surface area contributed by atoms with Crippen molar-refractivity contribution in [3.63, 3.8) is 0 Å². The number of rotatable bonds is 4. The Morgan fingerprint density at radius 3 is 2.94 bits per heavy atom. The maximum absolute atomic E-state index is 11.6. The highest BCUT2D eigenvalue weighted by atomic mass is 79.9. The fourth-order valence-electron chi connectivity index (χ4n) is 1.50. The number of hydrogen-bond donors (Lipinski definition) is 1. The monoisotopic (exact) mass is 293 g/mol. The lowest BCUT2D eigenvalue weighted by molar-refractivity contribution is -0.115. The van der Waals surface area contributed by atoms with Crippen molar-refractivity contribution in [3.8, 4) is 5.69 Å². The first kappa shape index (κ1) is 11.9. The van der Waals surface area contributed by atoms with Gasteiger partial charge in [0.15, 0.2) is 0 Å². The zero-order chi connectivity index (χ0) is 12.1. The lowest BCUT2D eigenvalue weighted by atomic mass is 10.2. The molecular weight excluding hydrogens is 282 g/mol. The third kappa shape index (κ3) is 2.94. The predicted octanol–water partition coefficient (Wildman–Crippen LogP) is 2.60. The van der Waals surface area contributed by atoms with Gasteiger partial charge in [0.1, 0.15) is 0 Å². The first-order valence-electron chi connectivity index (χ1n) is 5.24. The summed E-state index contributed by atoms with van der Waals surface area (Å²) < 4.78 is 1.86. The molecule has 0 unspecified atom stereocenters. The number of imidazole rings is 1. The predicted molar refractivity (Wildman–Crippen MR) is 70.6 cm³/mol. The first-order chi connectivity index (χ1) is 8.31. The fraction of sp³-hybridized carbons (Fsp3) is 0.167. The molecule has 2 rings (SSSR count). The lowest BCUT2D eigenvalue weighted by Crippen LogP contribution is -2.13. The molecule has 0 atom stereocenters. The maximum atomic E-state index is 11.6. The van der Waals surface area contributed by atoms with Crippen LogP contribution in [0, 0.1) is 0 Å².